The van der Waals surface area contributed by atoms with E-state index < -0.39 is 0 Å². The fourth-order valence-corrected chi connectivity index (χ4v) is 1.43. The van der Waals surface area contributed by atoms with E-state index in [4.69, 9.17) is 10.4 Å². The highest BCUT2D eigenvalue weighted by molar-refractivity contribution is 9.10. The lowest BCUT2D eigenvalue weighted by Crippen LogP contribution is -1.99. The average molecular weight is 239 g/mol. The first-order valence-electron chi connectivity index (χ1n) is 3.82. The first-order chi connectivity index (χ1) is 6.19. The van der Waals surface area contributed by atoms with E-state index in [9.17, 15) is 0 Å². The minimum atomic E-state index is 0.0400. The van der Waals surface area contributed by atoms with Crippen molar-refractivity contribution in [2.45, 2.75) is 6.92 Å². The maximum absolute atomic E-state index is 8.89. The van der Waals surface area contributed by atoms with E-state index in [2.05, 4.69) is 22.0 Å². The smallest absolute Gasteiger partial charge is 0.100 e. The highest BCUT2D eigenvalue weighted by Crippen LogP contribution is 2.22. The molecule has 0 saturated carbocycles. The zero-order chi connectivity index (χ0) is 9.84. The molecule has 1 rings (SSSR count). The molecule has 3 heteroatoms. The molecular formula is C10H9BrNO. The number of aliphatic hydroxyl groups is 1. The molecule has 0 bridgehead atoms. The lowest BCUT2D eigenvalue weighted by Gasteiger charge is -2.07. The van der Waals surface area contributed by atoms with Gasteiger partial charge in [0.2, 0.25) is 0 Å². The van der Waals surface area contributed by atoms with Gasteiger partial charge in [0.15, 0.2) is 0 Å². The molecule has 0 unspecified atom stereocenters. The van der Waals surface area contributed by atoms with Gasteiger partial charge in [-0.2, -0.15) is 5.26 Å². The van der Waals surface area contributed by atoms with E-state index in [1.807, 2.05) is 19.1 Å². The molecule has 67 valence electrons. The van der Waals surface area contributed by atoms with Crippen molar-refractivity contribution in [3.05, 3.63) is 39.7 Å². The summed E-state index contributed by atoms with van der Waals surface area (Å²) in [6, 6.07) is 7.46. The number of nitriles is 1. The Morgan fingerprint density at radius 2 is 2.31 bits per heavy atom. The lowest BCUT2D eigenvalue weighted by molar-refractivity contribution is 0.315. The minimum Gasteiger partial charge on any atom is -0.395 e. The van der Waals surface area contributed by atoms with Crippen LogP contribution in [-0.2, 0) is 0 Å². The van der Waals surface area contributed by atoms with Gasteiger partial charge in [-0.25, -0.2) is 0 Å². The van der Waals surface area contributed by atoms with E-state index >= 15 is 0 Å². The van der Waals surface area contributed by atoms with Crippen LogP contribution >= 0.6 is 15.9 Å². The summed E-state index contributed by atoms with van der Waals surface area (Å²) in [5.74, 6) is 0.894. The van der Waals surface area contributed by atoms with Crippen LogP contribution in [0.2, 0.25) is 0 Å². The van der Waals surface area contributed by atoms with E-state index in [1.165, 1.54) is 0 Å². The van der Waals surface area contributed by atoms with Crippen LogP contribution in [0.15, 0.2) is 22.7 Å². The fraction of sp³-hybridized carbons (Fsp3) is 0.200. The molecule has 0 spiro atoms. The van der Waals surface area contributed by atoms with Crippen LogP contribution in [0.3, 0.4) is 0 Å². The number of hydrogen-bond acceptors (Lipinski definition) is 2. The Kier molecular flexibility index (Phi) is 3.47. The fourth-order valence-electron chi connectivity index (χ4n) is 0.963. The zero-order valence-electron chi connectivity index (χ0n) is 7.21. The van der Waals surface area contributed by atoms with E-state index in [-0.39, 0.29) is 6.61 Å². The maximum atomic E-state index is 8.89. The highest BCUT2D eigenvalue weighted by Gasteiger charge is 2.06. The van der Waals surface area contributed by atoms with E-state index in [0.717, 1.165) is 16.0 Å². The Labute approximate surface area is 85.9 Å². The molecule has 2 nitrogen and oxygen atoms in total. The second-order valence-corrected chi connectivity index (χ2v) is 3.60. The van der Waals surface area contributed by atoms with Crippen LogP contribution in [0.4, 0.5) is 0 Å². The molecule has 0 fully saturated rings. The molecule has 13 heavy (non-hydrogen) atoms. The molecule has 0 atom stereocenters. The van der Waals surface area contributed by atoms with Crippen molar-refractivity contribution in [3.8, 4) is 6.07 Å². The summed E-state index contributed by atoms with van der Waals surface area (Å²) in [6.45, 7) is 1.90. The van der Waals surface area contributed by atoms with Crippen molar-refractivity contribution in [3.63, 3.8) is 0 Å². The summed E-state index contributed by atoms with van der Waals surface area (Å²) in [4.78, 5) is 0. The summed E-state index contributed by atoms with van der Waals surface area (Å²) >= 11 is 3.29. The zero-order valence-corrected chi connectivity index (χ0v) is 8.80. The second kappa shape index (κ2) is 4.40. The Bertz CT molecular complexity index is 343. The topological polar surface area (TPSA) is 44.0 Å². The van der Waals surface area contributed by atoms with Gasteiger partial charge in [0.1, 0.15) is 6.07 Å². The number of aliphatic hydroxyl groups excluding tert-OH is 1. The van der Waals surface area contributed by atoms with Gasteiger partial charge in [-0.05, 0) is 33.6 Å². The Morgan fingerprint density at radius 3 is 2.77 bits per heavy atom. The van der Waals surface area contributed by atoms with Crippen LogP contribution in [0.5, 0.6) is 0 Å². The predicted molar refractivity (Wildman–Crippen MR) is 54.0 cm³/mol. The van der Waals surface area contributed by atoms with Crippen LogP contribution in [-0.4, -0.2) is 11.7 Å². The Hall–Kier alpha value is -0.850. The summed E-state index contributed by atoms with van der Waals surface area (Å²) in [7, 11) is 0. The molecule has 1 aromatic carbocycles. The summed E-state index contributed by atoms with van der Waals surface area (Å²) in [6.07, 6.45) is 0. The average Bonchev–Trinajstić information content (AvgIpc) is 2.16. The Morgan fingerprint density at radius 1 is 1.62 bits per heavy atom. The molecule has 0 aliphatic heterocycles. The minimum absolute atomic E-state index is 0.0400. The third kappa shape index (κ3) is 2.30. The standard InChI is InChI=1S/C10H9BrNO/c1-7(6-13)8-2-3-9(5-12)10(11)4-8/h2-4,13H,6H2,1H3. The summed E-state index contributed by atoms with van der Waals surface area (Å²) in [5, 5.41) is 17.6. The second-order valence-electron chi connectivity index (χ2n) is 2.74. The molecule has 0 heterocycles. The van der Waals surface area contributed by atoms with Gasteiger partial charge in [0.05, 0.1) is 12.2 Å². The molecule has 0 aliphatic rings. The van der Waals surface area contributed by atoms with E-state index in [1.54, 1.807) is 6.07 Å². The van der Waals surface area contributed by atoms with Crippen LogP contribution in [0.25, 0.3) is 0 Å². The van der Waals surface area contributed by atoms with Crippen molar-refractivity contribution >= 4 is 15.9 Å². The van der Waals surface area contributed by atoms with Crippen molar-refractivity contribution in [1.29, 1.82) is 5.26 Å². The van der Waals surface area contributed by atoms with Gasteiger partial charge in [0.25, 0.3) is 0 Å². The normalized spacial score (nSPS) is 10.1. The third-order valence-corrected chi connectivity index (χ3v) is 2.48. The largest absolute Gasteiger partial charge is 0.395 e. The maximum Gasteiger partial charge on any atom is 0.100 e. The number of halogens is 1. The Balaban J connectivity index is 3.04. The molecule has 1 radical (unpaired) electrons. The number of rotatable bonds is 2. The lowest BCUT2D eigenvalue weighted by atomic mass is 10.0. The van der Waals surface area contributed by atoms with Crippen molar-refractivity contribution in [1.82, 2.24) is 0 Å². The SMILES string of the molecule is C[C](CO)c1ccc(C#N)c(Br)c1. The summed E-state index contributed by atoms with van der Waals surface area (Å²) in [5.41, 5.74) is 1.56. The molecule has 0 aliphatic carbocycles. The van der Waals surface area contributed by atoms with Crippen molar-refractivity contribution in [2.24, 2.45) is 0 Å². The van der Waals surface area contributed by atoms with Crippen molar-refractivity contribution < 1.29 is 5.11 Å². The first-order valence-corrected chi connectivity index (χ1v) is 4.61. The first kappa shape index (κ1) is 10.2. The molecule has 0 amide bonds. The summed E-state index contributed by atoms with van der Waals surface area (Å²) < 4.78 is 0.764. The van der Waals surface area contributed by atoms with Crippen LogP contribution in [0, 0.1) is 17.2 Å². The predicted octanol–water partition coefficient (Wildman–Crippen LogP) is 2.26. The monoisotopic (exact) mass is 238 g/mol. The number of benzene rings is 1. The quantitative estimate of drug-likeness (QED) is 0.860. The van der Waals surface area contributed by atoms with Crippen LogP contribution in [0.1, 0.15) is 18.1 Å². The highest BCUT2D eigenvalue weighted by atomic mass is 79.9. The van der Waals surface area contributed by atoms with Gasteiger partial charge in [-0.1, -0.05) is 13.0 Å². The van der Waals surface area contributed by atoms with Gasteiger partial charge < -0.3 is 5.11 Å². The molecule has 1 N–H and O–H groups in total. The van der Waals surface area contributed by atoms with Gasteiger partial charge in [-0.3, -0.25) is 0 Å². The van der Waals surface area contributed by atoms with Gasteiger partial charge >= 0.3 is 0 Å². The number of hydrogen-bond donors (Lipinski definition) is 1. The van der Waals surface area contributed by atoms with E-state index in [0.29, 0.717) is 5.56 Å². The third-order valence-electron chi connectivity index (χ3n) is 1.82. The number of nitrogens with zero attached hydrogens (tertiary/aromatic N) is 1. The van der Waals surface area contributed by atoms with Crippen LogP contribution < -0.4 is 0 Å². The molecule has 0 aromatic heterocycles. The molecular weight excluding hydrogens is 230 g/mol. The van der Waals surface area contributed by atoms with Gasteiger partial charge in [0, 0.05) is 10.4 Å². The van der Waals surface area contributed by atoms with Crippen molar-refractivity contribution in [2.75, 3.05) is 6.61 Å². The molecule has 1 aromatic rings. The molecule has 0 saturated heterocycles. The van der Waals surface area contributed by atoms with Gasteiger partial charge in [-0.15, -0.1) is 0 Å².